The summed E-state index contributed by atoms with van der Waals surface area (Å²) in [5.74, 6) is 0.846. The molecule has 1 aromatic carbocycles. The van der Waals surface area contributed by atoms with Crippen molar-refractivity contribution in [2.24, 2.45) is 0 Å². The fourth-order valence-electron chi connectivity index (χ4n) is 2.54. The predicted octanol–water partition coefficient (Wildman–Crippen LogP) is 3.22. The predicted molar refractivity (Wildman–Crippen MR) is 87.5 cm³/mol. The second-order valence-electron chi connectivity index (χ2n) is 5.19. The third-order valence-electron chi connectivity index (χ3n) is 3.62. The van der Waals surface area contributed by atoms with E-state index in [1.165, 1.54) is 0 Å². The first kappa shape index (κ1) is 15.0. The van der Waals surface area contributed by atoms with Crippen molar-refractivity contribution in [2.75, 3.05) is 7.11 Å². The molecular weight excluding hydrogens is 298 g/mol. The average molecular weight is 317 g/mol. The zero-order valence-electron chi connectivity index (χ0n) is 13.0. The Morgan fingerprint density at radius 1 is 1.36 bits per heavy atom. The highest BCUT2D eigenvalue weighted by molar-refractivity contribution is 7.16. The molecule has 0 spiro atoms. The van der Waals surface area contributed by atoms with Gasteiger partial charge in [0.15, 0.2) is 0 Å². The molecule has 0 aliphatic rings. The van der Waals surface area contributed by atoms with Crippen molar-refractivity contribution in [1.29, 1.82) is 0 Å². The molecule has 5 nitrogen and oxygen atoms in total. The number of benzene rings is 1. The molecule has 0 fully saturated rings. The second kappa shape index (κ2) is 6.06. The van der Waals surface area contributed by atoms with Gasteiger partial charge in [-0.15, -0.1) is 0 Å². The Bertz CT molecular complexity index is 807. The molecule has 6 heteroatoms. The summed E-state index contributed by atoms with van der Waals surface area (Å²) in [6, 6.07) is 5.91. The molecule has 0 saturated carbocycles. The van der Waals surface area contributed by atoms with Gasteiger partial charge in [-0.05, 0) is 37.1 Å². The number of aryl methyl sites for hydroxylation is 2. The molecule has 2 heterocycles. The number of aliphatic hydroxyl groups is 1. The van der Waals surface area contributed by atoms with Crippen LogP contribution in [0.3, 0.4) is 0 Å². The van der Waals surface area contributed by atoms with Gasteiger partial charge in [-0.25, -0.2) is 9.50 Å². The second-order valence-corrected chi connectivity index (χ2v) is 6.23. The normalized spacial score (nSPS) is 11.3. The van der Waals surface area contributed by atoms with Crippen molar-refractivity contribution in [3.8, 4) is 17.0 Å². The van der Waals surface area contributed by atoms with Crippen LogP contribution in [0.25, 0.3) is 16.2 Å². The molecule has 116 valence electrons. The highest BCUT2D eigenvalue weighted by atomic mass is 32.1. The van der Waals surface area contributed by atoms with Crippen LogP contribution < -0.4 is 4.74 Å². The van der Waals surface area contributed by atoms with Crippen molar-refractivity contribution in [3.63, 3.8) is 0 Å². The summed E-state index contributed by atoms with van der Waals surface area (Å²) in [6.45, 7) is 4.04. The number of imidazole rings is 1. The summed E-state index contributed by atoms with van der Waals surface area (Å²) >= 11 is 1.58. The molecule has 0 aliphatic heterocycles. The maximum atomic E-state index is 9.75. The fourth-order valence-corrected chi connectivity index (χ4v) is 3.56. The molecule has 0 atom stereocenters. The lowest BCUT2D eigenvalue weighted by atomic mass is 10.1. The van der Waals surface area contributed by atoms with E-state index in [9.17, 15) is 5.11 Å². The summed E-state index contributed by atoms with van der Waals surface area (Å²) in [4.78, 5) is 5.50. The maximum Gasteiger partial charge on any atom is 0.213 e. The number of aromatic nitrogens is 3. The quantitative estimate of drug-likeness (QED) is 0.785. The molecule has 3 rings (SSSR count). The van der Waals surface area contributed by atoms with Crippen LogP contribution in [0.15, 0.2) is 18.2 Å². The maximum absolute atomic E-state index is 9.75. The Labute approximate surface area is 133 Å². The Kier molecular flexibility index (Phi) is 4.13. The summed E-state index contributed by atoms with van der Waals surface area (Å²) in [7, 11) is 1.66. The van der Waals surface area contributed by atoms with E-state index >= 15 is 0 Å². The smallest absolute Gasteiger partial charge is 0.213 e. The number of methoxy groups -OCH3 is 1. The first-order valence-corrected chi connectivity index (χ1v) is 8.12. The van der Waals surface area contributed by atoms with Crippen LogP contribution in [0.5, 0.6) is 5.75 Å². The Morgan fingerprint density at radius 3 is 2.82 bits per heavy atom. The lowest BCUT2D eigenvalue weighted by Crippen LogP contribution is -1.97. The van der Waals surface area contributed by atoms with Gasteiger partial charge in [-0.3, -0.25) is 0 Å². The van der Waals surface area contributed by atoms with E-state index in [2.05, 4.69) is 17.0 Å². The van der Waals surface area contributed by atoms with Crippen molar-refractivity contribution < 1.29 is 9.84 Å². The summed E-state index contributed by atoms with van der Waals surface area (Å²) in [6.07, 6.45) is 1.99. The number of hydrogen-bond donors (Lipinski definition) is 1. The number of hydrogen-bond acceptors (Lipinski definition) is 5. The van der Waals surface area contributed by atoms with Crippen molar-refractivity contribution >= 4 is 16.3 Å². The number of aliphatic hydroxyl groups excluding tert-OH is 1. The molecule has 0 unspecified atom stereocenters. The molecular formula is C16H19N3O2S. The zero-order valence-corrected chi connectivity index (χ0v) is 13.8. The van der Waals surface area contributed by atoms with Gasteiger partial charge in [-0.1, -0.05) is 18.3 Å². The fraction of sp³-hybridized carbons (Fsp3) is 0.375. The summed E-state index contributed by atoms with van der Waals surface area (Å²) < 4.78 is 7.06. The van der Waals surface area contributed by atoms with E-state index in [0.717, 1.165) is 51.1 Å². The molecule has 2 aromatic heterocycles. The lowest BCUT2D eigenvalue weighted by molar-refractivity contribution is 0.275. The molecule has 0 radical (unpaired) electrons. The highest BCUT2D eigenvalue weighted by Crippen LogP contribution is 2.30. The monoisotopic (exact) mass is 317 g/mol. The highest BCUT2D eigenvalue weighted by Gasteiger charge is 2.17. The van der Waals surface area contributed by atoms with Gasteiger partial charge in [-0.2, -0.15) is 5.10 Å². The van der Waals surface area contributed by atoms with Crippen LogP contribution in [0.4, 0.5) is 0 Å². The van der Waals surface area contributed by atoms with E-state index in [-0.39, 0.29) is 6.61 Å². The van der Waals surface area contributed by atoms with E-state index in [0.29, 0.717) is 0 Å². The lowest BCUT2D eigenvalue weighted by Gasteiger charge is -2.07. The van der Waals surface area contributed by atoms with Crippen LogP contribution in [0, 0.1) is 6.92 Å². The summed E-state index contributed by atoms with van der Waals surface area (Å²) in [5.41, 5.74) is 3.53. The molecule has 0 bridgehead atoms. The van der Waals surface area contributed by atoms with Crippen molar-refractivity contribution in [2.45, 2.75) is 33.3 Å². The number of fused-ring (bicyclic) bond motifs is 1. The zero-order chi connectivity index (χ0) is 15.7. The third-order valence-corrected chi connectivity index (χ3v) is 4.59. The average Bonchev–Trinajstić information content (AvgIpc) is 3.04. The minimum atomic E-state index is -0.0864. The Morgan fingerprint density at radius 2 is 2.18 bits per heavy atom. The molecule has 1 N–H and O–H groups in total. The standard InChI is InChI=1S/C16H19N3O2S/c1-4-5-14-18-19-12(9-20)15(17-16(19)22-14)11-6-7-13(21-3)10(2)8-11/h6-8,20H,4-5,9H2,1-3H3. The van der Waals surface area contributed by atoms with Crippen LogP contribution in [-0.4, -0.2) is 26.8 Å². The minimum absolute atomic E-state index is 0.0864. The van der Waals surface area contributed by atoms with Crippen LogP contribution in [0.1, 0.15) is 29.6 Å². The van der Waals surface area contributed by atoms with E-state index in [4.69, 9.17) is 4.74 Å². The molecule has 0 aliphatic carbocycles. The van der Waals surface area contributed by atoms with Gasteiger partial charge in [0.1, 0.15) is 10.8 Å². The Hall–Kier alpha value is -1.92. The van der Waals surface area contributed by atoms with E-state index < -0.39 is 0 Å². The molecule has 22 heavy (non-hydrogen) atoms. The first-order chi connectivity index (χ1) is 10.7. The van der Waals surface area contributed by atoms with E-state index in [1.807, 2.05) is 25.1 Å². The topological polar surface area (TPSA) is 59.7 Å². The Balaban J connectivity index is 2.10. The largest absolute Gasteiger partial charge is 0.496 e. The van der Waals surface area contributed by atoms with Crippen LogP contribution in [-0.2, 0) is 13.0 Å². The molecule has 0 saturated heterocycles. The van der Waals surface area contributed by atoms with Gasteiger partial charge in [0.05, 0.1) is 25.1 Å². The van der Waals surface area contributed by atoms with Crippen LogP contribution >= 0.6 is 11.3 Å². The van der Waals surface area contributed by atoms with Crippen molar-refractivity contribution in [1.82, 2.24) is 14.6 Å². The third kappa shape index (κ3) is 2.48. The minimum Gasteiger partial charge on any atom is -0.496 e. The number of nitrogens with zero attached hydrogens (tertiary/aromatic N) is 3. The number of rotatable bonds is 5. The van der Waals surface area contributed by atoms with Gasteiger partial charge >= 0.3 is 0 Å². The van der Waals surface area contributed by atoms with Gasteiger partial charge < -0.3 is 9.84 Å². The molecule has 0 amide bonds. The van der Waals surface area contributed by atoms with Gasteiger partial charge in [0.25, 0.3) is 0 Å². The van der Waals surface area contributed by atoms with Crippen LogP contribution in [0.2, 0.25) is 0 Å². The SMILES string of the molecule is CCCc1nn2c(CO)c(-c3ccc(OC)c(C)c3)nc2s1. The molecule has 3 aromatic rings. The van der Waals surface area contributed by atoms with Gasteiger partial charge in [0.2, 0.25) is 4.96 Å². The van der Waals surface area contributed by atoms with Crippen molar-refractivity contribution in [3.05, 3.63) is 34.5 Å². The summed E-state index contributed by atoms with van der Waals surface area (Å²) in [5, 5.41) is 15.4. The number of ether oxygens (including phenoxy) is 1. The van der Waals surface area contributed by atoms with Gasteiger partial charge in [0, 0.05) is 12.0 Å². The van der Waals surface area contributed by atoms with E-state index in [1.54, 1.807) is 23.0 Å². The first-order valence-electron chi connectivity index (χ1n) is 7.31.